The van der Waals surface area contributed by atoms with Crippen LogP contribution < -0.4 is 5.32 Å². The number of rotatable bonds is 1. The molecule has 0 aromatic heterocycles. The van der Waals surface area contributed by atoms with E-state index in [1.807, 2.05) is 6.92 Å². The summed E-state index contributed by atoms with van der Waals surface area (Å²) < 4.78 is 0. The predicted molar refractivity (Wildman–Crippen MR) is 44.6 cm³/mol. The molecule has 0 saturated heterocycles. The van der Waals surface area contributed by atoms with Crippen molar-refractivity contribution < 1.29 is 4.79 Å². The molecule has 0 aromatic carbocycles. The number of hydrogen-bond acceptors (Lipinski definition) is 1. The Morgan fingerprint density at radius 2 is 1.67 bits per heavy atom. The van der Waals surface area contributed by atoms with Crippen LogP contribution >= 0.6 is 0 Å². The summed E-state index contributed by atoms with van der Waals surface area (Å²) in [6, 6.07) is 0. The molecule has 0 saturated carbocycles. The minimum Gasteiger partial charge on any atom is -0.359 e. The average molecular weight is 135 g/mol. The molecule has 0 unspecified atom stereocenters. The highest BCUT2D eigenvalue weighted by Crippen LogP contribution is 1.68. The summed E-state index contributed by atoms with van der Waals surface area (Å²) in [4.78, 5) is 10.1. The molecule has 0 heterocycles. The summed E-state index contributed by atoms with van der Waals surface area (Å²) in [6.45, 7) is 1.82. The molecule has 0 fully saturated rings. The molecule has 0 aliphatic heterocycles. The van der Waals surface area contributed by atoms with Crippen molar-refractivity contribution >= 4 is 5.91 Å². The first-order valence-electron chi connectivity index (χ1n) is 2.01. The van der Waals surface area contributed by atoms with Crippen molar-refractivity contribution in [3.05, 3.63) is 0 Å². The average Bonchev–Trinajstić information content (AvgIpc) is 1.65. The van der Waals surface area contributed by atoms with Gasteiger partial charge in [-0.3, -0.25) is 4.79 Å². The van der Waals surface area contributed by atoms with Gasteiger partial charge in [-0.15, -0.1) is 0 Å². The van der Waals surface area contributed by atoms with E-state index in [4.69, 9.17) is 0 Å². The summed E-state index contributed by atoms with van der Waals surface area (Å²) in [6.07, 6.45) is 0.580. The summed E-state index contributed by atoms with van der Waals surface area (Å²) in [5, 5.41) is 2.48. The molecular formula is C7H21NO. The molecule has 2 heteroatoms. The third-order valence-electron chi connectivity index (χ3n) is 0.600. The Kier molecular flexibility index (Phi) is 41.1. The van der Waals surface area contributed by atoms with Crippen molar-refractivity contribution in [1.29, 1.82) is 0 Å². The van der Waals surface area contributed by atoms with Gasteiger partial charge in [0.05, 0.1) is 0 Å². The van der Waals surface area contributed by atoms with Gasteiger partial charge in [-0.1, -0.05) is 29.2 Å². The van der Waals surface area contributed by atoms with Gasteiger partial charge in [-0.25, -0.2) is 0 Å². The molecule has 0 radical (unpaired) electrons. The summed E-state index contributed by atoms with van der Waals surface area (Å²) in [5.74, 6) is 0.0926. The molecule has 0 aliphatic carbocycles. The molecule has 1 N–H and O–H groups in total. The molecule has 0 atom stereocenters. The van der Waals surface area contributed by atoms with E-state index in [1.165, 1.54) is 0 Å². The van der Waals surface area contributed by atoms with Crippen LogP contribution in [0.25, 0.3) is 0 Å². The Hall–Kier alpha value is -0.530. The third kappa shape index (κ3) is 18.6. The summed E-state index contributed by atoms with van der Waals surface area (Å²) in [7, 11) is 1.63. The molecule has 9 heavy (non-hydrogen) atoms. The van der Waals surface area contributed by atoms with Crippen molar-refractivity contribution in [2.45, 2.75) is 35.6 Å². The SMILES string of the molecule is C.C.C.CCC(=O)NC. The summed E-state index contributed by atoms with van der Waals surface area (Å²) >= 11 is 0. The highest BCUT2D eigenvalue weighted by Gasteiger charge is 1.84. The lowest BCUT2D eigenvalue weighted by molar-refractivity contribution is -0.120. The molecule has 0 bridgehead atoms. The second kappa shape index (κ2) is 15.6. The van der Waals surface area contributed by atoms with Crippen molar-refractivity contribution in [3.63, 3.8) is 0 Å². The first-order chi connectivity index (χ1) is 2.81. The Balaban J connectivity index is -0.0000000417. The van der Waals surface area contributed by atoms with E-state index in [0.717, 1.165) is 0 Å². The van der Waals surface area contributed by atoms with Gasteiger partial charge in [-0.05, 0) is 0 Å². The fourth-order valence-electron chi connectivity index (χ4n) is 0.177. The van der Waals surface area contributed by atoms with Gasteiger partial charge in [0.25, 0.3) is 0 Å². The van der Waals surface area contributed by atoms with Crippen LogP contribution in [0.1, 0.15) is 35.6 Å². The molecular weight excluding hydrogens is 114 g/mol. The van der Waals surface area contributed by atoms with E-state index in [9.17, 15) is 4.79 Å². The molecule has 0 rings (SSSR count). The van der Waals surface area contributed by atoms with Crippen molar-refractivity contribution in [2.24, 2.45) is 0 Å². The van der Waals surface area contributed by atoms with Crippen LogP contribution in [0.3, 0.4) is 0 Å². The lowest BCUT2D eigenvalue weighted by atomic mass is 10.5. The lowest BCUT2D eigenvalue weighted by Gasteiger charge is -1.87. The predicted octanol–water partition coefficient (Wildman–Crippen LogP) is 2.05. The molecule has 1 amide bonds. The van der Waals surface area contributed by atoms with E-state index < -0.39 is 0 Å². The van der Waals surface area contributed by atoms with Gasteiger partial charge in [0.15, 0.2) is 0 Å². The topological polar surface area (TPSA) is 29.1 Å². The fraction of sp³-hybridized carbons (Fsp3) is 0.857. The zero-order valence-corrected chi connectivity index (χ0v) is 4.12. The molecule has 0 aromatic rings. The van der Waals surface area contributed by atoms with Crippen LogP contribution in [-0.4, -0.2) is 13.0 Å². The first-order valence-corrected chi connectivity index (χ1v) is 2.01. The zero-order chi connectivity index (χ0) is 4.99. The minimum atomic E-state index is 0. The number of nitrogens with one attached hydrogen (secondary N) is 1. The largest absolute Gasteiger partial charge is 0.359 e. The maximum absolute atomic E-state index is 10.1. The van der Waals surface area contributed by atoms with Crippen LogP contribution in [0.4, 0.5) is 0 Å². The Morgan fingerprint density at radius 3 is 1.67 bits per heavy atom. The van der Waals surface area contributed by atoms with E-state index in [1.54, 1.807) is 7.05 Å². The van der Waals surface area contributed by atoms with Crippen LogP contribution in [0.5, 0.6) is 0 Å². The Bertz CT molecular complexity index is 46.9. The second-order valence-corrected chi connectivity index (χ2v) is 1.03. The van der Waals surface area contributed by atoms with Gasteiger partial charge in [0.2, 0.25) is 5.91 Å². The normalized spacial score (nSPS) is 5.11. The maximum atomic E-state index is 10.1. The quantitative estimate of drug-likeness (QED) is 0.585. The van der Waals surface area contributed by atoms with E-state index in [-0.39, 0.29) is 28.2 Å². The standard InChI is InChI=1S/C4H9NO.3CH4/c1-3-4(6)5-2;;;/h3H2,1-2H3,(H,5,6);3*1H4. The monoisotopic (exact) mass is 135 g/mol. The first kappa shape index (κ1) is 23.7. The van der Waals surface area contributed by atoms with Gasteiger partial charge < -0.3 is 5.32 Å². The highest BCUT2D eigenvalue weighted by molar-refractivity contribution is 5.74. The van der Waals surface area contributed by atoms with E-state index >= 15 is 0 Å². The second-order valence-electron chi connectivity index (χ2n) is 1.03. The molecule has 0 spiro atoms. The zero-order valence-electron chi connectivity index (χ0n) is 4.12. The van der Waals surface area contributed by atoms with Gasteiger partial charge in [-0.2, -0.15) is 0 Å². The van der Waals surface area contributed by atoms with E-state index in [0.29, 0.717) is 6.42 Å². The van der Waals surface area contributed by atoms with Crippen LogP contribution in [0.2, 0.25) is 0 Å². The number of amides is 1. The smallest absolute Gasteiger partial charge is 0.219 e. The van der Waals surface area contributed by atoms with Crippen LogP contribution in [0.15, 0.2) is 0 Å². The van der Waals surface area contributed by atoms with Gasteiger partial charge >= 0.3 is 0 Å². The van der Waals surface area contributed by atoms with Gasteiger partial charge in [0, 0.05) is 13.5 Å². The van der Waals surface area contributed by atoms with Gasteiger partial charge in [0.1, 0.15) is 0 Å². The molecule has 60 valence electrons. The van der Waals surface area contributed by atoms with Crippen molar-refractivity contribution in [2.75, 3.05) is 7.05 Å². The number of carbonyl (C=O) groups is 1. The lowest BCUT2D eigenvalue weighted by Crippen LogP contribution is -2.15. The van der Waals surface area contributed by atoms with E-state index in [2.05, 4.69) is 5.32 Å². The highest BCUT2D eigenvalue weighted by atomic mass is 16.1. The maximum Gasteiger partial charge on any atom is 0.219 e. The summed E-state index contributed by atoms with van der Waals surface area (Å²) in [5.41, 5.74) is 0. The Labute approximate surface area is 59.7 Å². The fourth-order valence-corrected chi connectivity index (χ4v) is 0.177. The van der Waals surface area contributed by atoms with Crippen molar-refractivity contribution in [1.82, 2.24) is 5.32 Å². The number of hydrogen-bond donors (Lipinski definition) is 1. The number of carbonyl (C=O) groups excluding carboxylic acids is 1. The molecule has 0 aliphatic rings. The third-order valence-corrected chi connectivity index (χ3v) is 0.600. The van der Waals surface area contributed by atoms with Crippen LogP contribution in [0, 0.1) is 0 Å². The van der Waals surface area contributed by atoms with Crippen LogP contribution in [-0.2, 0) is 4.79 Å². The van der Waals surface area contributed by atoms with Crippen molar-refractivity contribution in [3.8, 4) is 0 Å². The Morgan fingerprint density at radius 1 is 1.33 bits per heavy atom. The minimum absolute atomic E-state index is 0. The molecule has 2 nitrogen and oxygen atoms in total.